The van der Waals surface area contributed by atoms with E-state index in [9.17, 15) is 4.79 Å². The van der Waals surface area contributed by atoms with Gasteiger partial charge in [0.15, 0.2) is 0 Å². The fourth-order valence-corrected chi connectivity index (χ4v) is 3.91. The third kappa shape index (κ3) is 2.88. The molecule has 1 aliphatic carbocycles. The summed E-state index contributed by atoms with van der Waals surface area (Å²) in [6.07, 6.45) is 7.40. The lowest BCUT2D eigenvalue weighted by Gasteiger charge is -2.44. The Hall–Kier alpha value is -1.62. The summed E-state index contributed by atoms with van der Waals surface area (Å²) in [5.74, 6) is 6.82. The average molecular weight is 288 g/mol. The molecule has 2 atom stereocenters. The van der Waals surface area contributed by atoms with Crippen LogP contribution in [0.1, 0.15) is 54.6 Å². The molecule has 5 nitrogen and oxygen atoms in total. The van der Waals surface area contributed by atoms with E-state index in [1.54, 1.807) is 6.07 Å². The number of carbonyl (C=O) groups excluding carboxylic acids is 1. The van der Waals surface area contributed by atoms with Gasteiger partial charge in [-0.2, -0.15) is 0 Å². The van der Waals surface area contributed by atoms with Crippen LogP contribution in [-0.2, 0) is 0 Å². The second kappa shape index (κ2) is 6.02. The van der Waals surface area contributed by atoms with Crippen molar-refractivity contribution in [2.45, 2.75) is 51.5 Å². The summed E-state index contributed by atoms with van der Waals surface area (Å²) in [4.78, 5) is 19.3. The highest BCUT2D eigenvalue weighted by molar-refractivity contribution is 5.95. The minimum Gasteiger partial charge on any atom is -0.335 e. The van der Waals surface area contributed by atoms with E-state index in [0.29, 0.717) is 23.3 Å². The lowest BCUT2D eigenvalue weighted by molar-refractivity contribution is 0.0390. The van der Waals surface area contributed by atoms with Crippen LogP contribution in [0.15, 0.2) is 12.1 Å². The van der Waals surface area contributed by atoms with Crippen molar-refractivity contribution in [3.63, 3.8) is 0 Å². The van der Waals surface area contributed by atoms with Crippen molar-refractivity contribution in [1.29, 1.82) is 0 Å². The summed E-state index contributed by atoms with van der Waals surface area (Å²) in [5.41, 5.74) is 4.05. The number of hydrogen-bond donors (Lipinski definition) is 2. The Balaban J connectivity index is 1.85. The maximum absolute atomic E-state index is 12.9. The standard InChI is InChI=1S/C16H24N4O/c1-11-9-13(10-15(18-11)19-17)16(21)20-8-4-6-12-5-2-3-7-14(12)20/h9-10,12,14H,2-8,17H2,1H3,(H,18,19)/t12-,14-/m1/s1. The van der Waals surface area contributed by atoms with Crippen LogP contribution in [0.4, 0.5) is 5.82 Å². The zero-order chi connectivity index (χ0) is 14.8. The molecule has 0 aromatic carbocycles. The lowest BCUT2D eigenvalue weighted by Crippen LogP contribution is -2.49. The van der Waals surface area contributed by atoms with Gasteiger partial charge >= 0.3 is 0 Å². The van der Waals surface area contributed by atoms with Crippen LogP contribution in [0.25, 0.3) is 0 Å². The first-order valence-corrected chi connectivity index (χ1v) is 7.95. The number of amides is 1. The predicted octanol–water partition coefficient (Wildman–Crippen LogP) is 2.47. The Bertz CT molecular complexity index is 529. The normalized spacial score (nSPS) is 25.3. The highest BCUT2D eigenvalue weighted by atomic mass is 16.2. The summed E-state index contributed by atoms with van der Waals surface area (Å²) >= 11 is 0. The molecule has 21 heavy (non-hydrogen) atoms. The number of nitrogens with zero attached hydrogens (tertiary/aromatic N) is 2. The lowest BCUT2D eigenvalue weighted by atomic mass is 9.78. The molecule has 2 aliphatic rings. The van der Waals surface area contributed by atoms with Gasteiger partial charge in [-0.25, -0.2) is 10.8 Å². The van der Waals surface area contributed by atoms with Crippen LogP contribution < -0.4 is 11.3 Å². The minimum absolute atomic E-state index is 0.133. The first kappa shape index (κ1) is 14.3. The highest BCUT2D eigenvalue weighted by Gasteiger charge is 2.36. The molecule has 0 bridgehead atoms. The van der Waals surface area contributed by atoms with Crippen LogP contribution in [0.3, 0.4) is 0 Å². The van der Waals surface area contributed by atoms with E-state index in [-0.39, 0.29) is 5.91 Å². The molecule has 1 amide bonds. The SMILES string of the molecule is Cc1cc(C(=O)N2CCC[C@H]3CCCC[C@H]32)cc(NN)n1. The third-order valence-electron chi connectivity index (χ3n) is 4.85. The Morgan fingerprint density at radius 1 is 1.29 bits per heavy atom. The maximum atomic E-state index is 12.9. The highest BCUT2D eigenvalue weighted by Crippen LogP contribution is 2.36. The van der Waals surface area contributed by atoms with E-state index in [1.807, 2.05) is 13.0 Å². The Kier molecular flexibility index (Phi) is 4.10. The number of pyridine rings is 1. The number of piperidine rings is 1. The van der Waals surface area contributed by atoms with Gasteiger partial charge in [0.25, 0.3) is 5.91 Å². The number of carbonyl (C=O) groups is 1. The number of anilines is 1. The summed E-state index contributed by atoms with van der Waals surface area (Å²) in [6.45, 7) is 2.77. The van der Waals surface area contributed by atoms with Gasteiger partial charge in [-0.15, -0.1) is 0 Å². The Labute approximate surface area is 125 Å². The number of hydrogen-bond acceptors (Lipinski definition) is 4. The predicted molar refractivity (Wildman–Crippen MR) is 82.8 cm³/mol. The molecule has 1 aromatic heterocycles. The molecule has 0 spiro atoms. The van der Waals surface area contributed by atoms with Crippen molar-refractivity contribution in [2.24, 2.45) is 11.8 Å². The number of aromatic nitrogens is 1. The summed E-state index contributed by atoms with van der Waals surface area (Å²) in [5, 5.41) is 0. The van der Waals surface area contributed by atoms with E-state index >= 15 is 0 Å². The topological polar surface area (TPSA) is 71.2 Å². The molecule has 2 heterocycles. The van der Waals surface area contributed by atoms with Crippen LogP contribution in [-0.4, -0.2) is 28.4 Å². The monoisotopic (exact) mass is 288 g/mol. The van der Waals surface area contributed by atoms with Crippen molar-refractivity contribution in [1.82, 2.24) is 9.88 Å². The van der Waals surface area contributed by atoms with Crippen LogP contribution >= 0.6 is 0 Å². The summed E-state index contributed by atoms with van der Waals surface area (Å²) in [6, 6.07) is 4.04. The second-order valence-corrected chi connectivity index (χ2v) is 6.28. The number of nitrogen functional groups attached to an aromatic ring is 1. The van der Waals surface area contributed by atoms with Gasteiger partial charge < -0.3 is 10.3 Å². The largest absolute Gasteiger partial charge is 0.335 e. The molecular formula is C16H24N4O. The van der Waals surface area contributed by atoms with E-state index in [0.717, 1.165) is 25.1 Å². The average Bonchev–Trinajstić information content (AvgIpc) is 2.53. The molecule has 1 saturated heterocycles. The van der Waals surface area contributed by atoms with E-state index < -0.39 is 0 Å². The fraction of sp³-hybridized carbons (Fsp3) is 0.625. The molecule has 3 N–H and O–H groups in total. The van der Waals surface area contributed by atoms with Crippen molar-refractivity contribution in [3.8, 4) is 0 Å². The van der Waals surface area contributed by atoms with E-state index in [4.69, 9.17) is 5.84 Å². The first-order valence-electron chi connectivity index (χ1n) is 7.95. The molecule has 1 aromatic rings. The van der Waals surface area contributed by atoms with Gasteiger partial charge in [-0.1, -0.05) is 12.8 Å². The molecule has 0 radical (unpaired) electrons. The third-order valence-corrected chi connectivity index (χ3v) is 4.85. The van der Waals surface area contributed by atoms with Crippen molar-refractivity contribution in [2.75, 3.05) is 12.0 Å². The Morgan fingerprint density at radius 3 is 2.86 bits per heavy atom. The second-order valence-electron chi connectivity index (χ2n) is 6.28. The fourth-order valence-electron chi connectivity index (χ4n) is 3.91. The van der Waals surface area contributed by atoms with Crippen molar-refractivity contribution in [3.05, 3.63) is 23.4 Å². The number of fused-ring (bicyclic) bond motifs is 1. The molecule has 1 aliphatic heterocycles. The van der Waals surface area contributed by atoms with Gasteiger partial charge in [-0.05, 0) is 50.7 Å². The molecule has 2 fully saturated rings. The smallest absolute Gasteiger partial charge is 0.254 e. The van der Waals surface area contributed by atoms with Gasteiger partial charge in [0.05, 0.1) is 0 Å². The van der Waals surface area contributed by atoms with Gasteiger partial charge in [0, 0.05) is 23.8 Å². The van der Waals surface area contributed by atoms with E-state index in [2.05, 4.69) is 15.3 Å². The van der Waals surface area contributed by atoms with Gasteiger partial charge in [0.2, 0.25) is 0 Å². The number of hydrazine groups is 1. The number of likely N-dealkylation sites (tertiary alicyclic amines) is 1. The number of nitrogens with two attached hydrogens (primary N) is 1. The number of rotatable bonds is 2. The molecule has 5 heteroatoms. The molecular weight excluding hydrogens is 264 g/mol. The zero-order valence-corrected chi connectivity index (χ0v) is 12.6. The van der Waals surface area contributed by atoms with Crippen LogP contribution in [0.5, 0.6) is 0 Å². The van der Waals surface area contributed by atoms with Crippen LogP contribution in [0.2, 0.25) is 0 Å². The summed E-state index contributed by atoms with van der Waals surface area (Å²) < 4.78 is 0. The maximum Gasteiger partial charge on any atom is 0.254 e. The minimum atomic E-state index is 0.133. The number of aryl methyl sites for hydroxylation is 1. The number of nitrogens with one attached hydrogen (secondary N) is 1. The summed E-state index contributed by atoms with van der Waals surface area (Å²) in [7, 11) is 0. The molecule has 0 unspecified atom stereocenters. The first-order chi connectivity index (χ1) is 10.2. The quantitative estimate of drug-likeness (QED) is 0.648. The van der Waals surface area contributed by atoms with E-state index in [1.165, 1.54) is 25.7 Å². The van der Waals surface area contributed by atoms with Crippen molar-refractivity contribution < 1.29 is 4.79 Å². The van der Waals surface area contributed by atoms with Gasteiger partial charge in [-0.3, -0.25) is 4.79 Å². The van der Waals surface area contributed by atoms with Crippen LogP contribution in [0, 0.1) is 12.8 Å². The zero-order valence-electron chi connectivity index (χ0n) is 12.6. The molecule has 3 rings (SSSR count). The van der Waals surface area contributed by atoms with Gasteiger partial charge in [0.1, 0.15) is 5.82 Å². The molecule has 114 valence electrons. The van der Waals surface area contributed by atoms with Crippen molar-refractivity contribution >= 4 is 11.7 Å². The Morgan fingerprint density at radius 2 is 2.05 bits per heavy atom. The molecule has 1 saturated carbocycles.